The Labute approximate surface area is 122 Å². The van der Waals surface area contributed by atoms with Crippen molar-refractivity contribution >= 4 is 23.2 Å². The first-order chi connectivity index (χ1) is 9.13. The molecule has 0 fully saturated rings. The van der Waals surface area contributed by atoms with Crippen LogP contribution in [0.25, 0.3) is 10.8 Å². The first-order valence-corrected chi connectivity index (χ1v) is 5.56. The molecule has 2 nitrogen and oxygen atoms in total. The second-order valence-corrected chi connectivity index (χ2v) is 4.39. The van der Waals surface area contributed by atoms with Gasteiger partial charge < -0.3 is 10.8 Å². The van der Waals surface area contributed by atoms with E-state index in [4.69, 9.17) is 5.73 Å². The first-order valence-electron chi connectivity index (χ1n) is 5.56. The van der Waals surface area contributed by atoms with Crippen LogP contribution in [-0.2, 0) is 0 Å². The van der Waals surface area contributed by atoms with E-state index in [1.165, 1.54) is 24.3 Å². The Kier molecular flexibility index (Phi) is 4.70. The van der Waals surface area contributed by atoms with Crippen molar-refractivity contribution in [3.05, 3.63) is 42.0 Å². The molecule has 0 aliphatic rings. The van der Waals surface area contributed by atoms with Crippen molar-refractivity contribution in [3.8, 4) is 5.75 Å². The molecular weight excluding hydrogens is 317 g/mol. The van der Waals surface area contributed by atoms with Gasteiger partial charge in [0.05, 0.1) is 0 Å². The van der Waals surface area contributed by atoms with Crippen LogP contribution < -0.4 is 5.73 Å². The maximum absolute atomic E-state index is 13.2. The van der Waals surface area contributed by atoms with E-state index in [0.29, 0.717) is 10.8 Å². The fourth-order valence-electron chi connectivity index (χ4n) is 1.83. The predicted molar refractivity (Wildman–Crippen MR) is 70.8 cm³/mol. The van der Waals surface area contributed by atoms with Gasteiger partial charge in [-0.1, -0.05) is 18.2 Å². The largest absolute Gasteiger partial charge is 0.508 e. The quantitative estimate of drug-likeness (QED) is 0.813. The van der Waals surface area contributed by atoms with E-state index in [-0.39, 0.29) is 23.7 Å². The number of phenolic OH excluding ortho intramolecular Hbond substituents is 1. The number of hydrogen-bond donors (Lipinski definition) is 2. The minimum atomic E-state index is -5.71. The van der Waals surface area contributed by atoms with Gasteiger partial charge in [-0.15, -0.1) is 12.4 Å². The number of nitrogens with two attached hydrogens (primary N) is 1. The van der Waals surface area contributed by atoms with Crippen molar-refractivity contribution in [2.24, 2.45) is 5.73 Å². The van der Waals surface area contributed by atoms with Crippen LogP contribution in [0.15, 0.2) is 36.4 Å². The molecule has 0 heterocycles. The van der Waals surface area contributed by atoms with Gasteiger partial charge in [-0.25, -0.2) is 0 Å². The fraction of sp³-hybridized carbons (Fsp3) is 0.231. The highest BCUT2D eigenvalue weighted by Crippen LogP contribution is 2.43. The van der Waals surface area contributed by atoms with Gasteiger partial charge in [0.15, 0.2) is 0 Å². The van der Waals surface area contributed by atoms with E-state index in [0.717, 1.165) is 12.1 Å². The normalized spacial score (nSPS) is 13.8. The lowest BCUT2D eigenvalue weighted by molar-refractivity contribution is -0.290. The van der Waals surface area contributed by atoms with Crippen molar-refractivity contribution in [1.82, 2.24) is 0 Å². The summed E-state index contributed by atoms with van der Waals surface area (Å²) in [6, 6.07) is 5.17. The third kappa shape index (κ3) is 3.19. The molecule has 0 unspecified atom stereocenters. The average molecular weight is 328 g/mol. The molecule has 21 heavy (non-hydrogen) atoms. The smallest absolute Gasteiger partial charge is 0.455 e. The van der Waals surface area contributed by atoms with E-state index in [1.807, 2.05) is 0 Å². The number of benzene rings is 2. The van der Waals surface area contributed by atoms with Gasteiger partial charge >= 0.3 is 12.1 Å². The maximum Gasteiger partial charge on any atom is 0.455 e. The van der Waals surface area contributed by atoms with E-state index in [1.54, 1.807) is 0 Å². The summed E-state index contributed by atoms with van der Waals surface area (Å²) in [6.07, 6.45) is -5.71. The molecule has 0 saturated carbocycles. The zero-order chi connectivity index (χ0) is 15.1. The van der Waals surface area contributed by atoms with Crippen molar-refractivity contribution in [3.63, 3.8) is 0 Å². The molecule has 2 aromatic carbocycles. The number of fused-ring (bicyclic) bond motifs is 1. The number of rotatable bonds is 2. The summed E-state index contributed by atoms with van der Waals surface area (Å²) in [4.78, 5) is 0. The highest BCUT2D eigenvalue weighted by Gasteiger charge is 2.61. The lowest BCUT2D eigenvalue weighted by Gasteiger charge is -2.26. The first kappa shape index (κ1) is 17.5. The third-order valence-electron chi connectivity index (χ3n) is 2.98. The van der Waals surface area contributed by atoms with E-state index in [2.05, 4.69) is 0 Å². The molecule has 0 spiro atoms. The van der Waals surface area contributed by atoms with Gasteiger partial charge in [-0.3, -0.25) is 0 Å². The van der Waals surface area contributed by atoms with Crippen molar-refractivity contribution in [2.45, 2.75) is 18.1 Å². The molecule has 3 N–H and O–H groups in total. The lowest BCUT2D eigenvalue weighted by Crippen LogP contribution is -2.45. The van der Waals surface area contributed by atoms with E-state index in [9.17, 15) is 27.1 Å². The summed E-state index contributed by atoms with van der Waals surface area (Å²) >= 11 is 0. The molecule has 0 saturated heterocycles. The molecular formula is C13H11ClF5NO. The SMILES string of the molecule is Cl.N[C@@H](c1ccc2cc(O)ccc2c1)C(F)(F)C(F)(F)F. The van der Waals surface area contributed by atoms with Gasteiger partial charge in [-0.2, -0.15) is 22.0 Å². The van der Waals surface area contributed by atoms with Gasteiger partial charge in [0.2, 0.25) is 0 Å². The molecule has 0 bridgehead atoms. The molecule has 0 aliphatic carbocycles. The van der Waals surface area contributed by atoms with Gasteiger partial charge in [-0.05, 0) is 34.5 Å². The Hall–Kier alpha value is -1.60. The summed E-state index contributed by atoms with van der Waals surface area (Å²) in [5.74, 6) is -5.05. The Balaban J connectivity index is 0.00000220. The van der Waals surface area contributed by atoms with E-state index >= 15 is 0 Å². The molecule has 0 radical (unpaired) electrons. The summed E-state index contributed by atoms with van der Waals surface area (Å²) < 4.78 is 63.2. The van der Waals surface area contributed by atoms with Gasteiger partial charge in [0, 0.05) is 0 Å². The standard InChI is InChI=1S/C13H10F5NO.ClH/c14-12(15,13(16,17)18)11(19)9-2-1-8-6-10(20)4-3-7(8)5-9;/h1-6,11,20H,19H2;1H/t11-;/m0./s1. The number of alkyl halides is 5. The van der Waals surface area contributed by atoms with Crippen molar-refractivity contribution in [1.29, 1.82) is 0 Å². The minimum Gasteiger partial charge on any atom is -0.508 e. The molecule has 0 aliphatic heterocycles. The van der Waals surface area contributed by atoms with E-state index < -0.39 is 18.1 Å². The van der Waals surface area contributed by atoms with Crippen LogP contribution in [0, 0.1) is 0 Å². The van der Waals surface area contributed by atoms with Crippen molar-refractivity contribution in [2.75, 3.05) is 0 Å². The fourth-order valence-corrected chi connectivity index (χ4v) is 1.83. The summed E-state index contributed by atoms with van der Waals surface area (Å²) in [5, 5.41) is 10.2. The van der Waals surface area contributed by atoms with Gasteiger partial charge in [0.25, 0.3) is 0 Å². The lowest BCUT2D eigenvalue weighted by atomic mass is 9.98. The molecule has 1 atom stereocenters. The van der Waals surface area contributed by atoms with Crippen LogP contribution in [0.2, 0.25) is 0 Å². The monoisotopic (exact) mass is 327 g/mol. The predicted octanol–water partition coefficient (Wildman–Crippen LogP) is 4.16. The summed E-state index contributed by atoms with van der Waals surface area (Å²) in [7, 11) is 0. The molecule has 8 heteroatoms. The average Bonchev–Trinajstić information content (AvgIpc) is 2.35. The Bertz CT molecular complexity index is 644. The second kappa shape index (κ2) is 5.65. The van der Waals surface area contributed by atoms with Crippen molar-refractivity contribution < 1.29 is 27.1 Å². The topological polar surface area (TPSA) is 46.2 Å². The van der Waals surface area contributed by atoms with Gasteiger partial charge in [0.1, 0.15) is 11.8 Å². The molecule has 2 aromatic rings. The third-order valence-corrected chi connectivity index (χ3v) is 2.98. The zero-order valence-electron chi connectivity index (χ0n) is 10.4. The van der Waals surface area contributed by atoms with Crippen LogP contribution >= 0.6 is 12.4 Å². The van der Waals surface area contributed by atoms with Crippen LogP contribution in [0.4, 0.5) is 22.0 Å². The second-order valence-electron chi connectivity index (χ2n) is 4.39. The minimum absolute atomic E-state index is 0. The highest BCUT2D eigenvalue weighted by atomic mass is 35.5. The number of hydrogen-bond acceptors (Lipinski definition) is 2. The van der Waals surface area contributed by atoms with Crippen LogP contribution in [0.5, 0.6) is 5.75 Å². The highest BCUT2D eigenvalue weighted by molar-refractivity contribution is 5.85. The Morgan fingerprint density at radius 2 is 1.43 bits per heavy atom. The molecule has 116 valence electrons. The summed E-state index contributed by atoms with van der Waals surface area (Å²) in [5.41, 5.74) is 4.73. The van der Waals surface area contributed by atoms with Crippen LogP contribution in [-0.4, -0.2) is 17.2 Å². The Morgan fingerprint density at radius 3 is 2.00 bits per heavy atom. The zero-order valence-corrected chi connectivity index (χ0v) is 11.2. The summed E-state index contributed by atoms with van der Waals surface area (Å²) in [6.45, 7) is 0. The number of aromatic hydroxyl groups is 1. The maximum atomic E-state index is 13.2. The number of halogens is 6. The Morgan fingerprint density at radius 1 is 0.905 bits per heavy atom. The number of phenols is 1. The molecule has 2 rings (SSSR count). The van der Waals surface area contributed by atoms with Crippen LogP contribution in [0.1, 0.15) is 11.6 Å². The molecule has 0 amide bonds. The van der Waals surface area contributed by atoms with Crippen LogP contribution in [0.3, 0.4) is 0 Å². The molecule has 0 aromatic heterocycles.